The highest BCUT2D eigenvalue weighted by molar-refractivity contribution is 5.67. The summed E-state index contributed by atoms with van der Waals surface area (Å²) in [5, 5.41) is 5.66. The van der Waals surface area contributed by atoms with Crippen LogP contribution in [0.2, 0.25) is 0 Å². The van der Waals surface area contributed by atoms with Gasteiger partial charge in [-0.15, -0.1) is 0 Å². The molecule has 0 bridgehead atoms. The Labute approximate surface area is 178 Å². The molecule has 1 aromatic heterocycles. The third kappa shape index (κ3) is 6.00. The fraction of sp³-hybridized carbons (Fsp3) is 0.273. The molecule has 1 heterocycles. The fourth-order valence-electron chi connectivity index (χ4n) is 2.70. The van der Waals surface area contributed by atoms with Crippen molar-refractivity contribution in [1.29, 1.82) is 0 Å². The van der Waals surface area contributed by atoms with Crippen LogP contribution in [0.4, 0.5) is 36.3 Å². The summed E-state index contributed by atoms with van der Waals surface area (Å²) in [6.45, 7) is 2.50. The summed E-state index contributed by atoms with van der Waals surface area (Å²) >= 11 is 0. The summed E-state index contributed by atoms with van der Waals surface area (Å²) < 4.78 is 51.5. The van der Waals surface area contributed by atoms with E-state index in [0.717, 1.165) is 19.0 Å². The number of hydrogen-bond acceptors (Lipinski definition) is 6. The lowest BCUT2D eigenvalue weighted by molar-refractivity contribution is -0.137. The molecule has 0 aliphatic heterocycles. The summed E-state index contributed by atoms with van der Waals surface area (Å²) in [6, 6.07) is 13.7. The number of unbranched alkanes of at least 4 members (excludes halogenated alkanes) is 1. The van der Waals surface area contributed by atoms with Crippen LogP contribution >= 0.6 is 0 Å². The molecular formula is C22H23F3N4O2. The summed E-state index contributed by atoms with van der Waals surface area (Å²) in [7, 11) is 1.54. The molecule has 2 N–H and O–H groups in total. The number of nitrogens with zero attached hydrogens (tertiary/aromatic N) is 2. The highest BCUT2D eigenvalue weighted by atomic mass is 19.4. The molecule has 0 aliphatic carbocycles. The van der Waals surface area contributed by atoms with Gasteiger partial charge in [-0.3, -0.25) is 0 Å². The van der Waals surface area contributed by atoms with Crippen LogP contribution in [0.1, 0.15) is 25.3 Å². The minimum Gasteiger partial charge on any atom is -0.497 e. The maximum absolute atomic E-state index is 13.6. The minimum atomic E-state index is -4.63. The van der Waals surface area contributed by atoms with Crippen LogP contribution < -0.4 is 20.1 Å². The van der Waals surface area contributed by atoms with Crippen molar-refractivity contribution in [3.63, 3.8) is 0 Å². The van der Waals surface area contributed by atoms with E-state index in [0.29, 0.717) is 29.5 Å². The number of alkyl halides is 3. The Morgan fingerprint density at radius 3 is 2.42 bits per heavy atom. The van der Waals surface area contributed by atoms with Gasteiger partial charge in [0.15, 0.2) is 0 Å². The van der Waals surface area contributed by atoms with E-state index in [1.807, 2.05) is 6.92 Å². The van der Waals surface area contributed by atoms with Crippen molar-refractivity contribution in [2.75, 3.05) is 24.4 Å². The van der Waals surface area contributed by atoms with Gasteiger partial charge in [-0.05, 0) is 42.8 Å². The highest BCUT2D eigenvalue weighted by Gasteiger charge is 2.35. The first-order chi connectivity index (χ1) is 14.9. The largest absolute Gasteiger partial charge is 0.497 e. The lowest BCUT2D eigenvalue weighted by Crippen LogP contribution is -2.13. The van der Waals surface area contributed by atoms with Crippen molar-refractivity contribution in [3.8, 4) is 11.5 Å². The van der Waals surface area contributed by atoms with Crippen LogP contribution in [0, 0.1) is 0 Å². The smallest absolute Gasteiger partial charge is 0.421 e. The van der Waals surface area contributed by atoms with Crippen LogP contribution in [0.25, 0.3) is 0 Å². The van der Waals surface area contributed by atoms with Gasteiger partial charge in [0.1, 0.15) is 22.9 Å². The van der Waals surface area contributed by atoms with Gasteiger partial charge in [0.25, 0.3) is 0 Å². The normalized spacial score (nSPS) is 11.1. The van der Waals surface area contributed by atoms with Gasteiger partial charge in [0.05, 0.1) is 19.4 Å². The molecular weight excluding hydrogens is 409 g/mol. The maximum atomic E-state index is 13.6. The zero-order valence-electron chi connectivity index (χ0n) is 17.2. The van der Waals surface area contributed by atoms with Gasteiger partial charge >= 0.3 is 6.18 Å². The average molecular weight is 432 g/mol. The third-order valence-corrected chi connectivity index (χ3v) is 4.34. The molecule has 0 atom stereocenters. The topological polar surface area (TPSA) is 68.3 Å². The van der Waals surface area contributed by atoms with E-state index < -0.39 is 11.7 Å². The number of anilines is 4. The first kappa shape index (κ1) is 22.2. The molecule has 9 heteroatoms. The average Bonchev–Trinajstić information content (AvgIpc) is 2.75. The zero-order valence-corrected chi connectivity index (χ0v) is 17.2. The van der Waals surface area contributed by atoms with Crippen molar-refractivity contribution >= 4 is 23.1 Å². The Kier molecular flexibility index (Phi) is 7.17. The molecule has 3 aromatic rings. The van der Waals surface area contributed by atoms with E-state index in [9.17, 15) is 13.2 Å². The van der Waals surface area contributed by atoms with E-state index in [-0.39, 0.29) is 11.8 Å². The Bertz CT molecular complexity index is 995. The number of aromatic nitrogens is 2. The van der Waals surface area contributed by atoms with E-state index in [2.05, 4.69) is 20.6 Å². The summed E-state index contributed by atoms with van der Waals surface area (Å²) in [5.74, 6) is 0.753. The van der Waals surface area contributed by atoms with Crippen molar-refractivity contribution in [2.45, 2.75) is 25.9 Å². The van der Waals surface area contributed by atoms with E-state index >= 15 is 0 Å². The van der Waals surface area contributed by atoms with Gasteiger partial charge in [0, 0.05) is 11.9 Å². The number of methoxy groups -OCH3 is 1. The lowest BCUT2D eigenvalue weighted by Gasteiger charge is -2.17. The first-order valence-corrected chi connectivity index (χ1v) is 9.75. The summed E-state index contributed by atoms with van der Waals surface area (Å²) in [6.07, 6.45) is -2.09. The molecule has 164 valence electrons. The van der Waals surface area contributed by atoms with Crippen molar-refractivity contribution in [2.24, 2.45) is 0 Å². The molecule has 0 saturated carbocycles. The lowest BCUT2D eigenvalue weighted by atomic mass is 10.2. The SMILES string of the molecule is CCCCOc1ccccc1Nc1nc(Nc2ccc(OC)cc2)ncc1C(F)(F)F. The number of nitrogens with one attached hydrogen (secondary N) is 2. The molecule has 0 unspecified atom stereocenters. The van der Waals surface area contributed by atoms with Gasteiger partial charge in [-0.2, -0.15) is 18.2 Å². The minimum absolute atomic E-state index is 0.0186. The molecule has 31 heavy (non-hydrogen) atoms. The van der Waals surface area contributed by atoms with Crippen LogP contribution in [-0.4, -0.2) is 23.7 Å². The Morgan fingerprint density at radius 1 is 1.00 bits per heavy atom. The zero-order chi connectivity index (χ0) is 22.3. The van der Waals surface area contributed by atoms with Crippen molar-refractivity contribution in [3.05, 3.63) is 60.3 Å². The number of benzene rings is 2. The van der Waals surface area contributed by atoms with Crippen molar-refractivity contribution < 1.29 is 22.6 Å². The highest BCUT2D eigenvalue weighted by Crippen LogP contribution is 2.37. The molecule has 0 saturated heterocycles. The van der Waals surface area contributed by atoms with Crippen molar-refractivity contribution in [1.82, 2.24) is 9.97 Å². The van der Waals surface area contributed by atoms with E-state index in [4.69, 9.17) is 9.47 Å². The number of rotatable bonds is 9. The maximum Gasteiger partial charge on any atom is 0.421 e. The third-order valence-electron chi connectivity index (χ3n) is 4.34. The quantitative estimate of drug-likeness (QED) is 0.394. The predicted molar refractivity (Wildman–Crippen MR) is 113 cm³/mol. The van der Waals surface area contributed by atoms with Gasteiger partial charge in [0.2, 0.25) is 5.95 Å². The monoisotopic (exact) mass is 432 g/mol. The Hall–Kier alpha value is -3.49. The second-order valence-electron chi connectivity index (χ2n) is 6.63. The number of hydrogen-bond donors (Lipinski definition) is 2. The Morgan fingerprint density at radius 2 is 1.74 bits per heavy atom. The summed E-state index contributed by atoms with van der Waals surface area (Å²) in [5.41, 5.74) is 0.0177. The molecule has 0 amide bonds. The Balaban J connectivity index is 1.89. The predicted octanol–water partition coefficient (Wildman–Crippen LogP) is 6.17. The van der Waals surface area contributed by atoms with Crippen LogP contribution in [0.15, 0.2) is 54.7 Å². The molecule has 3 rings (SSSR count). The standard InChI is InChI=1S/C22H23F3N4O2/c1-3-4-13-31-19-8-6-5-7-18(19)28-20-17(22(23,24)25)14-26-21(29-20)27-15-9-11-16(30-2)12-10-15/h5-12,14H,3-4,13H2,1-2H3,(H2,26,27,28,29). The molecule has 0 radical (unpaired) electrons. The van der Waals surface area contributed by atoms with Gasteiger partial charge in [-0.1, -0.05) is 25.5 Å². The van der Waals surface area contributed by atoms with Crippen LogP contribution in [-0.2, 0) is 6.18 Å². The van der Waals surface area contributed by atoms with E-state index in [1.165, 1.54) is 0 Å². The molecule has 6 nitrogen and oxygen atoms in total. The fourth-order valence-corrected chi connectivity index (χ4v) is 2.70. The number of ether oxygens (including phenoxy) is 2. The van der Waals surface area contributed by atoms with E-state index in [1.54, 1.807) is 55.6 Å². The van der Waals surface area contributed by atoms with Crippen LogP contribution in [0.3, 0.4) is 0 Å². The summed E-state index contributed by atoms with van der Waals surface area (Å²) in [4.78, 5) is 7.89. The molecule has 0 aliphatic rings. The molecule has 0 fully saturated rings. The number of halogens is 3. The van der Waals surface area contributed by atoms with Crippen LogP contribution in [0.5, 0.6) is 11.5 Å². The van der Waals surface area contributed by atoms with Gasteiger partial charge in [-0.25, -0.2) is 4.98 Å². The second kappa shape index (κ2) is 10.0. The second-order valence-corrected chi connectivity index (χ2v) is 6.63. The first-order valence-electron chi connectivity index (χ1n) is 9.75. The van der Waals surface area contributed by atoms with Gasteiger partial charge < -0.3 is 20.1 Å². The molecule has 2 aromatic carbocycles. The molecule has 0 spiro atoms. The number of para-hydroxylation sites is 2.